The van der Waals surface area contributed by atoms with E-state index in [9.17, 15) is 9.59 Å². The Hall–Kier alpha value is -2.24. The smallest absolute Gasteiger partial charge is 0.428 e. The van der Waals surface area contributed by atoms with Crippen molar-refractivity contribution in [3.05, 3.63) is 35.9 Å². The second-order valence-corrected chi connectivity index (χ2v) is 3.87. The first-order valence-corrected chi connectivity index (χ1v) is 5.78. The van der Waals surface area contributed by atoms with Gasteiger partial charge in [-0.15, -0.1) is 0 Å². The van der Waals surface area contributed by atoms with Crippen LogP contribution in [-0.2, 0) is 11.2 Å². The summed E-state index contributed by atoms with van der Waals surface area (Å²) in [4.78, 5) is 22.5. The zero-order valence-electron chi connectivity index (χ0n) is 9.89. The largest absolute Gasteiger partial charge is 0.446 e. The predicted molar refractivity (Wildman–Crippen MR) is 64.7 cm³/mol. The fraction of sp³-hybridized carbons (Fsp3) is 0.333. The number of hydrogen-bond donors (Lipinski definition) is 2. The summed E-state index contributed by atoms with van der Waals surface area (Å²) in [5.41, 5.74) is 3.57. The first-order chi connectivity index (χ1) is 8.75. The van der Waals surface area contributed by atoms with Crippen LogP contribution in [0.15, 0.2) is 30.3 Å². The molecule has 18 heavy (non-hydrogen) atoms. The lowest BCUT2D eigenvalue weighted by molar-refractivity contribution is 0.146. The van der Waals surface area contributed by atoms with Crippen molar-refractivity contribution in [2.75, 3.05) is 19.7 Å². The van der Waals surface area contributed by atoms with Gasteiger partial charge < -0.3 is 10.1 Å². The summed E-state index contributed by atoms with van der Waals surface area (Å²) in [6.45, 7) is 1.20. The summed E-state index contributed by atoms with van der Waals surface area (Å²) >= 11 is 0. The number of ether oxygens (including phenoxy) is 1. The van der Waals surface area contributed by atoms with Crippen molar-refractivity contribution in [1.82, 2.24) is 15.8 Å². The van der Waals surface area contributed by atoms with Gasteiger partial charge in [0.2, 0.25) is 0 Å². The minimum absolute atomic E-state index is 0.309. The van der Waals surface area contributed by atoms with E-state index in [-0.39, 0.29) is 0 Å². The van der Waals surface area contributed by atoms with Crippen molar-refractivity contribution in [3.8, 4) is 0 Å². The fourth-order valence-corrected chi connectivity index (χ4v) is 1.62. The van der Waals surface area contributed by atoms with E-state index in [0.29, 0.717) is 19.7 Å². The minimum atomic E-state index is -0.520. The van der Waals surface area contributed by atoms with Gasteiger partial charge in [0.1, 0.15) is 6.61 Å². The maximum atomic E-state index is 11.5. The maximum absolute atomic E-state index is 11.5. The third-order valence-corrected chi connectivity index (χ3v) is 2.54. The standard InChI is InChI=1S/C12H15N3O3/c16-11(14-15-8-9-18-12(15)17)13-7-6-10-4-2-1-3-5-10/h1-5H,6-9H2,(H2,13,14,16). The molecule has 2 rings (SSSR count). The van der Waals surface area contributed by atoms with Crippen LogP contribution in [0.5, 0.6) is 0 Å². The molecule has 1 aliphatic heterocycles. The van der Waals surface area contributed by atoms with Gasteiger partial charge in [0, 0.05) is 6.54 Å². The number of amides is 3. The van der Waals surface area contributed by atoms with E-state index in [2.05, 4.69) is 15.5 Å². The van der Waals surface area contributed by atoms with Crippen LogP contribution in [0.1, 0.15) is 5.56 Å². The first-order valence-electron chi connectivity index (χ1n) is 5.78. The lowest BCUT2D eigenvalue weighted by Gasteiger charge is -2.14. The van der Waals surface area contributed by atoms with Crippen molar-refractivity contribution in [3.63, 3.8) is 0 Å². The second-order valence-electron chi connectivity index (χ2n) is 3.87. The molecule has 0 unspecified atom stereocenters. The van der Waals surface area contributed by atoms with Gasteiger partial charge in [0.25, 0.3) is 0 Å². The summed E-state index contributed by atoms with van der Waals surface area (Å²) in [5, 5.41) is 3.83. The summed E-state index contributed by atoms with van der Waals surface area (Å²) in [6.07, 6.45) is 0.229. The molecular formula is C12H15N3O3. The fourth-order valence-electron chi connectivity index (χ4n) is 1.62. The van der Waals surface area contributed by atoms with Gasteiger partial charge in [-0.1, -0.05) is 30.3 Å². The first kappa shape index (κ1) is 12.2. The van der Waals surface area contributed by atoms with Gasteiger partial charge in [0.05, 0.1) is 6.54 Å². The van der Waals surface area contributed by atoms with Gasteiger partial charge in [-0.05, 0) is 12.0 Å². The Balaban J connectivity index is 1.67. The molecule has 2 N–H and O–H groups in total. The van der Waals surface area contributed by atoms with Gasteiger partial charge in [-0.2, -0.15) is 0 Å². The Kier molecular flexibility index (Phi) is 4.01. The Morgan fingerprint density at radius 1 is 1.33 bits per heavy atom. The summed E-state index contributed by atoms with van der Waals surface area (Å²) < 4.78 is 4.68. The van der Waals surface area contributed by atoms with Gasteiger partial charge in [-0.3, -0.25) is 0 Å². The maximum Gasteiger partial charge on any atom is 0.428 e. The molecule has 0 atom stereocenters. The molecule has 3 amide bonds. The number of benzene rings is 1. The van der Waals surface area contributed by atoms with E-state index < -0.39 is 12.1 Å². The predicted octanol–water partition coefficient (Wildman–Crippen LogP) is 0.895. The monoisotopic (exact) mass is 249 g/mol. The quantitative estimate of drug-likeness (QED) is 0.832. The molecular weight excluding hydrogens is 234 g/mol. The van der Waals surface area contributed by atoms with Crippen LogP contribution in [0, 0.1) is 0 Å². The molecule has 6 nitrogen and oxygen atoms in total. The Morgan fingerprint density at radius 3 is 2.78 bits per heavy atom. The molecule has 1 aromatic rings. The van der Waals surface area contributed by atoms with Crippen LogP contribution in [-0.4, -0.2) is 36.8 Å². The molecule has 0 aromatic heterocycles. The number of hydrazine groups is 1. The highest BCUT2D eigenvalue weighted by atomic mass is 16.6. The minimum Gasteiger partial charge on any atom is -0.446 e. The summed E-state index contributed by atoms with van der Waals surface area (Å²) in [5.74, 6) is 0. The molecule has 1 aliphatic rings. The lowest BCUT2D eigenvalue weighted by Crippen LogP contribution is -2.48. The molecule has 0 saturated carbocycles. The van der Waals surface area contributed by atoms with E-state index in [1.54, 1.807) is 0 Å². The number of nitrogens with one attached hydrogen (secondary N) is 2. The van der Waals surface area contributed by atoms with Crippen molar-refractivity contribution in [2.45, 2.75) is 6.42 Å². The highest BCUT2D eigenvalue weighted by Gasteiger charge is 2.23. The molecule has 1 fully saturated rings. The third kappa shape index (κ3) is 3.38. The van der Waals surface area contributed by atoms with Crippen molar-refractivity contribution in [2.24, 2.45) is 0 Å². The summed E-state index contributed by atoms with van der Waals surface area (Å²) in [7, 11) is 0. The van der Waals surface area contributed by atoms with Crippen molar-refractivity contribution in [1.29, 1.82) is 0 Å². The Bertz CT molecular complexity index is 422. The molecule has 0 bridgehead atoms. The Morgan fingerprint density at radius 2 is 2.11 bits per heavy atom. The van der Waals surface area contributed by atoms with Crippen LogP contribution in [0.25, 0.3) is 0 Å². The zero-order chi connectivity index (χ0) is 12.8. The number of nitrogens with zero attached hydrogens (tertiary/aromatic N) is 1. The van der Waals surface area contributed by atoms with Crippen molar-refractivity contribution >= 4 is 12.1 Å². The number of carbonyl (C=O) groups excluding carboxylic acids is 2. The van der Waals surface area contributed by atoms with Crippen LogP contribution in [0.4, 0.5) is 9.59 Å². The number of hydrogen-bond acceptors (Lipinski definition) is 3. The van der Waals surface area contributed by atoms with Crippen LogP contribution >= 0.6 is 0 Å². The molecule has 0 aliphatic carbocycles. The van der Waals surface area contributed by atoms with Crippen LogP contribution < -0.4 is 10.7 Å². The van der Waals surface area contributed by atoms with Gasteiger partial charge in [-0.25, -0.2) is 20.0 Å². The van der Waals surface area contributed by atoms with E-state index in [0.717, 1.165) is 17.0 Å². The Labute approximate surface area is 105 Å². The zero-order valence-corrected chi connectivity index (χ0v) is 9.89. The molecule has 0 radical (unpaired) electrons. The van der Waals surface area contributed by atoms with Crippen LogP contribution in [0.2, 0.25) is 0 Å². The number of carbonyl (C=O) groups is 2. The number of cyclic esters (lactones) is 1. The van der Waals surface area contributed by atoms with Gasteiger partial charge >= 0.3 is 12.1 Å². The topological polar surface area (TPSA) is 70.7 Å². The average Bonchev–Trinajstić information content (AvgIpc) is 2.76. The van der Waals surface area contributed by atoms with E-state index in [1.165, 1.54) is 0 Å². The normalized spacial score (nSPS) is 14.2. The van der Waals surface area contributed by atoms with E-state index >= 15 is 0 Å². The molecule has 6 heteroatoms. The number of urea groups is 1. The SMILES string of the molecule is O=C(NCCc1ccccc1)NN1CCOC1=O. The molecule has 1 saturated heterocycles. The highest BCUT2D eigenvalue weighted by molar-refractivity contribution is 5.78. The molecule has 1 heterocycles. The second kappa shape index (κ2) is 5.90. The summed E-state index contributed by atoms with van der Waals surface area (Å²) in [6, 6.07) is 9.45. The average molecular weight is 249 g/mol. The molecule has 0 spiro atoms. The lowest BCUT2D eigenvalue weighted by atomic mass is 10.1. The number of rotatable bonds is 4. The third-order valence-electron chi connectivity index (χ3n) is 2.54. The van der Waals surface area contributed by atoms with E-state index in [1.807, 2.05) is 30.3 Å². The van der Waals surface area contributed by atoms with Crippen LogP contribution in [0.3, 0.4) is 0 Å². The molecule has 1 aromatic carbocycles. The van der Waals surface area contributed by atoms with E-state index in [4.69, 9.17) is 0 Å². The molecule has 96 valence electrons. The highest BCUT2D eigenvalue weighted by Crippen LogP contribution is 1.99. The van der Waals surface area contributed by atoms with Crippen molar-refractivity contribution < 1.29 is 14.3 Å². The van der Waals surface area contributed by atoms with Gasteiger partial charge in [0.15, 0.2) is 0 Å².